The lowest BCUT2D eigenvalue weighted by Gasteiger charge is -2.26. The normalized spacial score (nSPS) is 23.4. The summed E-state index contributed by atoms with van der Waals surface area (Å²) in [5.41, 5.74) is 0. The van der Waals surface area contributed by atoms with E-state index in [1.54, 1.807) is 0 Å². The molecule has 0 aromatic heterocycles. The minimum atomic E-state index is 0. The number of piperidine rings is 1. The molecular formula is C14H28IN5OS. The number of carbonyl (C=O) groups excluding carboxylic acids is 1. The molecule has 0 saturated carbocycles. The van der Waals surface area contributed by atoms with Gasteiger partial charge in [-0.2, -0.15) is 11.8 Å². The van der Waals surface area contributed by atoms with E-state index in [9.17, 15) is 4.79 Å². The van der Waals surface area contributed by atoms with Crippen LogP contribution in [0.3, 0.4) is 0 Å². The molecule has 6 nitrogen and oxygen atoms in total. The van der Waals surface area contributed by atoms with Crippen LogP contribution in [-0.4, -0.2) is 73.6 Å². The monoisotopic (exact) mass is 441 g/mol. The average molecular weight is 441 g/mol. The van der Waals surface area contributed by atoms with Gasteiger partial charge in [-0.15, -0.1) is 24.0 Å². The fourth-order valence-corrected chi connectivity index (χ4v) is 3.48. The molecule has 2 heterocycles. The van der Waals surface area contributed by atoms with E-state index in [-0.39, 0.29) is 35.9 Å². The van der Waals surface area contributed by atoms with Gasteiger partial charge in [0.2, 0.25) is 5.91 Å². The molecule has 0 aromatic carbocycles. The Labute approximate surface area is 154 Å². The molecule has 2 rings (SSSR count). The molecule has 2 saturated heterocycles. The first kappa shape index (κ1) is 19.8. The molecule has 1 amide bonds. The Balaban J connectivity index is 0.00000242. The first-order valence-electron chi connectivity index (χ1n) is 7.89. The van der Waals surface area contributed by atoms with Crippen LogP contribution < -0.4 is 16.0 Å². The van der Waals surface area contributed by atoms with E-state index < -0.39 is 0 Å². The number of hydrogen-bond donors (Lipinski definition) is 3. The number of nitrogens with zero attached hydrogens (tertiary/aromatic N) is 2. The van der Waals surface area contributed by atoms with E-state index in [1.807, 2.05) is 11.8 Å². The minimum absolute atomic E-state index is 0. The summed E-state index contributed by atoms with van der Waals surface area (Å²) in [7, 11) is 0. The number of halogens is 1. The van der Waals surface area contributed by atoms with Gasteiger partial charge in [0.05, 0.1) is 6.54 Å². The number of aliphatic imine (C=N–C) groups is 1. The van der Waals surface area contributed by atoms with Crippen molar-refractivity contribution < 1.29 is 4.79 Å². The maximum Gasteiger partial charge on any atom is 0.220 e. The van der Waals surface area contributed by atoms with E-state index >= 15 is 0 Å². The van der Waals surface area contributed by atoms with Gasteiger partial charge >= 0.3 is 0 Å². The summed E-state index contributed by atoms with van der Waals surface area (Å²) in [6.45, 7) is 7.81. The Morgan fingerprint density at radius 1 is 1.45 bits per heavy atom. The summed E-state index contributed by atoms with van der Waals surface area (Å²) in [5.74, 6) is 3.50. The van der Waals surface area contributed by atoms with Crippen LogP contribution in [0.2, 0.25) is 0 Å². The summed E-state index contributed by atoms with van der Waals surface area (Å²) in [5, 5.41) is 9.59. The molecule has 8 heteroatoms. The van der Waals surface area contributed by atoms with Gasteiger partial charge in [0.15, 0.2) is 5.96 Å². The molecule has 0 spiro atoms. The lowest BCUT2D eigenvalue weighted by Crippen LogP contribution is -2.51. The molecule has 0 aromatic rings. The van der Waals surface area contributed by atoms with Gasteiger partial charge in [-0.05, 0) is 13.3 Å². The van der Waals surface area contributed by atoms with Gasteiger partial charge < -0.3 is 16.0 Å². The Kier molecular flexibility index (Phi) is 10.2. The van der Waals surface area contributed by atoms with Crippen LogP contribution in [0.5, 0.6) is 0 Å². The van der Waals surface area contributed by atoms with Crippen LogP contribution in [0.15, 0.2) is 4.99 Å². The van der Waals surface area contributed by atoms with Gasteiger partial charge in [-0.1, -0.05) is 0 Å². The standard InChI is InChI=1S/C14H27N5OS.HI/c1-2-15-14(18-12-3-4-13(20)17-11-12)16-5-6-19-7-9-21-10-8-19;/h12H,2-11H2,1H3,(H,17,20)(H2,15,16,18);1H. The number of carbonyl (C=O) groups is 1. The van der Waals surface area contributed by atoms with Crippen molar-refractivity contribution >= 4 is 47.6 Å². The Morgan fingerprint density at radius 2 is 2.23 bits per heavy atom. The SMILES string of the molecule is CCNC(=NCCN1CCSCC1)NC1CCC(=O)NC1.I. The van der Waals surface area contributed by atoms with Crippen molar-refractivity contribution in [1.29, 1.82) is 0 Å². The summed E-state index contributed by atoms with van der Waals surface area (Å²) >= 11 is 2.03. The molecule has 0 bridgehead atoms. The first-order chi connectivity index (χ1) is 10.3. The second-order valence-corrected chi connectivity index (χ2v) is 6.62. The Morgan fingerprint density at radius 3 is 2.86 bits per heavy atom. The lowest BCUT2D eigenvalue weighted by molar-refractivity contribution is -0.122. The van der Waals surface area contributed by atoms with Crippen LogP contribution in [0.1, 0.15) is 19.8 Å². The van der Waals surface area contributed by atoms with Crippen LogP contribution in [-0.2, 0) is 4.79 Å². The van der Waals surface area contributed by atoms with Gasteiger partial charge in [0.25, 0.3) is 0 Å². The maximum atomic E-state index is 11.2. The predicted molar refractivity (Wildman–Crippen MR) is 104 cm³/mol. The average Bonchev–Trinajstić information content (AvgIpc) is 2.51. The van der Waals surface area contributed by atoms with E-state index in [0.717, 1.165) is 32.0 Å². The molecule has 2 aliphatic rings. The third-order valence-electron chi connectivity index (χ3n) is 3.74. The molecule has 22 heavy (non-hydrogen) atoms. The highest BCUT2D eigenvalue weighted by molar-refractivity contribution is 14.0. The van der Waals surface area contributed by atoms with Crippen molar-refractivity contribution in [3.8, 4) is 0 Å². The molecular weight excluding hydrogens is 413 g/mol. The second-order valence-electron chi connectivity index (χ2n) is 5.40. The molecule has 2 aliphatic heterocycles. The highest BCUT2D eigenvalue weighted by Crippen LogP contribution is 2.08. The highest BCUT2D eigenvalue weighted by atomic mass is 127. The van der Waals surface area contributed by atoms with Gasteiger partial charge in [0.1, 0.15) is 0 Å². The van der Waals surface area contributed by atoms with Crippen molar-refractivity contribution in [2.24, 2.45) is 4.99 Å². The number of hydrogen-bond acceptors (Lipinski definition) is 4. The van der Waals surface area contributed by atoms with E-state index in [4.69, 9.17) is 0 Å². The zero-order valence-corrected chi connectivity index (χ0v) is 16.4. The summed E-state index contributed by atoms with van der Waals surface area (Å²) in [6, 6.07) is 0.284. The van der Waals surface area contributed by atoms with E-state index in [2.05, 4.69) is 32.8 Å². The largest absolute Gasteiger partial charge is 0.357 e. The molecule has 3 N–H and O–H groups in total. The molecule has 0 radical (unpaired) electrons. The number of rotatable bonds is 5. The summed E-state index contributed by atoms with van der Waals surface area (Å²) < 4.78 is 0. The van der Waals surface area contributed by atoms with Crippen LogP contribution in [0.25, 0.3) is 0 Å². The predicted octanol–water partition coefficient (Wildman–Crippen LogP) is 0.487. The van der Waals surface area contributed by atoms with Crippen LogP contribution >= 0.6 is 35.7 Å². The van der Waals surface area contributed by atoms with Crippen molar-refractivity contribution in [1.82, 2.24) is 20.9 Å². The minimum Gasteiger partial charge on any atom is -0.357 e. The second kappa shape index (κ2) is 11.3. The molecule has 0 aliphatic carbocycles. The first-order valence-corrected chi connectivity index (χ1v) is 9.05. The number of nitrogens with one attached hydrogen (secondary N) is 3. The van der Waals surface area contributed by atoms with Crippen LogP contribution in [0.4, 0.5) is 0 Å². The van der Waals surface area contributed by atoms with Crippen molar-refractivity contribution in [2.45, 2.75) is 25.8 Å². The van der Waals surface area contributed by atoms with Gasteiger partial charge in [0, 0.05) is 56.7 Å². The molecule has 1 atom stereocenters. The smallest absolute Gasteiger partial charge is 0.220 e. The summed E-state index contributed by atoms with van der Waals surface area (Å²) in [4.78, 5) is 18.3. The van der Waals surface area contributed by atoms with Crippen LogP contribution in [0, 0.1) is 0 Å². The van der Waals surface area contributed by atoms with E-state index in [1.165, 1.54) is 24.6 Å². The maximum absolute atomic E-state index is 11.2. The number of guanidine groups is 1. The quantitative estimate of drug-likeness (QED) is 0.329. The topological polar surface area (TPSA) is 68.8 Å². The Bertz CT molecular complexity index is 353. The fourth-order valence-electron chi connectivity index (χ4n) is 2.50. The molecule has 2 fully saturated rings. The highest BCUT2D eigenvalue weighted by Gasteiger charge is 2.18. The van der Waals surface area contributed by atoms with E-state index in [0.29, 0.717) is 13.0 Å². The number of amides is 1. The van der Waals surface area contributed by atoms with Gasteiger partial charge in [-0.3, -0.25) is 14.7 Å². The van der Waals surface area contributed by atoms with Gasteiger partial charge in [-0.25, -0.2) is 0 Å². The molecule has 128 valence electrons. The van der Waals surface area contributed by atoms with Crippen molar-refractivity contribution in [3.05, 3.63) is 0 Å². The fraction of sp³-hybridized carbons (Fsp3) is 0.857. The third kappa shape index (κ3) is 7.36. The summed E-state index contributed by atoms with van der Waals surface area (Å²) in [6.07, 6.45) is 1.47. The van der Waals surface area contributed by atoms with Crippen molar-refractivity contribution in [3.63, 3.8) is 0 Å². The lowest BCUT2D eigenvalue weighted by atomic mass is 10.1. The zero-order chi connectivity index (χ0) is 14.9. The molecule has 1 unspecified atom stereocenters. The van der Waals surface area contributed by atoms with Crippen molar-refractivity contribution in [2.75, 3.05) is 50.8 Å². The third-order valence-corrected chi connectivity index (χ3v) is 4.68. The number of thioether (sulfide) groups is 1. The Hall–Kier alpha value is -0.220. The zero-order valence-electron chi connectivity index (χ0n) is 13.3.